The lowest BCUT2D eigenvalue weighted by Crippen LogP contribution is -2.47. The Labute approximate surface area is 151 Å². The molecule has 1 aliphatic heterocycles. The lowest BCUT2D eigenvalue weighted by Gasteiger charge is -2.33. The van der Waals surface area contributed by atoms with Crippen molar-refractivity contribution in [2.45, 2.75) is 24.8 Å². The fraction of sp³-hybridized carbons (Fsp3) is 0.500. The van der Waals surface area contributed by atoms with Crippen LogP contribution in [0.25, 0.3) is 0 Å². The first-order chi connectivity index (χ1) is 12.5. The maximum atomic E-state index is 13.1. The molecule has 0 saturated carbocycles. The van der Waals surface area contributed by atoms with E-state index in [1.54, 1.807) is 13.2 Å². The van der Waals surface area contributed by atoms with Gasteiger partial charge >= 0.3 is 6.03 Å². The van der Waals surface area contributed by atoms with E-state index in [1.807, 2.05) is 12.1 Å². The zero-order chi connectivity index (χ0) is 18.7. The minimum atomic E-state index is -1.09. The molecule has 1 saturated heterocycles. The van der Waals surface area contributed by atoms with Gasteiger partial charge in [0.2, 0.25) is 5.91 Å². The van der Waals surface area contributed by atoms with E-state index >= 15 is 0 Å². The fourth-order valence-electron chi connectivity index (χ4n) is 3.61. The van der Waals surface area contributed by atoms with Crippen LogP contribution in [-0.2, 0) is 26.3 Å². The highest BCUT2D eigenvalue weighted by Gasteiger charge is 2.54. The molecule has 1 atom stereocenters. The molecule has 140 valence electrons. The molecule has 0 bridgehead atoms. The van der Waals surface area contributed by atoms with Gasteiger partial charge in [-0.1, -0.05) is 6.07 Å². The number of imide groups is 1. The summed E-state index contributed by atoms with van der Waals surface area (Å²) in [5, 5.41) is 5.45. The van der Waals surface area contributed by atoms with Gasteiger partial charge in [-0.05, 0) is 42.5 Å². The number of nitrogens with one attached hydrogen (secondary N) is 2. The van der Waals surface area contributed by atoms with E-state index in [-0.39, 0.29) is 12.5 Å². The Morgan fingerprint density at radius 2 is 2.15 bits per heavy atom. The molecule has 2 aliphatic rings. The van der Waals surface area contributed by atoms with Crippen LogP contribution in [0.1, 0.15) is 24.0 Å². The summed E-state index contributed by atoms with van der Waals surface area (Å²) in [7, 11) is 3.12. The Morgan fingerprint density at radius 3 is 2.88 bits per heavy atom. The Bertz CT molecular complexity index is 736. The predicted octanol–water partition coefficient (Wildman–Crippen LogP) is 0.541. The van der Waals surface area contributed by atoms with Crippen molar-refractivity contribution >= 4 is 17.8 Å². The molecule has 1 aromatic rings. The second kappa shape index (κ2) is 7.33. The number of ether oxygens (including phenoxy) is 2. The molecule has 0 aromatic heterocycles. The van der Waals surface area contributed by atoms with Gasteiger partial charge in [0.05, 0.1) is 13.7 Å². The summed E-state index contributed by atoms with van der Waals surface area (Å²) in [6.45, 7) is 0.388. The number of rotatable bonds is 6. The van der Waals surface area contributed by atoms with Gasteiger partial charge in [0.15, 0.2) is 0 Å². The molecule has 1 aliphatic carbocycles. The molecule has 8 nitrogen and oxygen atoms in total. The smallest absolute Gasteiger partial charge is 0.325 e. The van der Waals surface area contributed by atoms with E-state index in [2.05, 4.69) is 10.6 Å². The summed E-state index contributed by atoms with van der Waals surface area (Å²) in [6, 6.07) is 4.97. The first-order valence-corrected chi connectivity index (χ1v) is 8.59. The average Bonchev–Trinajstić information content (AvgIpc) is 2.86. The number of methoxy groups -OCH3 is 2. The molecule has 26 heavy (non-hydrogen) atoms. The van der Waals surface area contributed by atoms with Crippen LogP contribution >= 0.6 is 0 Å². The number of carbonyl (C=O) groups excluding carboxylic acids is 3. The highest BCUT2D eigenvalue weighted by Crippen LogP contribution is 2.41. The number of benzene rings is 1. The van der Waals surface area contributed by atoms with Crippen molar-refractivity contribution in [3.8, 4) is 5.75 Å². The second-order valence-corrected chi connectivity index (χ2v) is 6.45. The third-order valence-electron chi connectivity index (χ3n) is 4.88. The predicted molar refractivity (Wildman–Crippen MR) is 92.7 cm³/mol. The summed E-state index contributed by atoms with van der Waals surface area (Å²) < 4.78 is 10.1. The van der Waals surface area contributed by atoms with Crippen LogP contribution in [0.3, 0.4) is 0 Å². The van der Waals surface area contributed by atoms with Gasteiger partial charge in [0.1, 0.15) is 17.8 Å². The summed E-state index contributed by atoms with van der Waals surface area (Å²) in [5.74, 6) is -0.0594. The molecule has 1 aromatic carbocycles. The SMILES string of the molecule is COCCNC(=O)CN1C(=O)N[C@]2(CCCc3cc(OC)ccc32)C1=O. The van der Waals surface area contributed by atoms with Crippen molar-refractivity contribution in [3.05, 3.63) is 29.3 Å². The van der Waals surface area contributed by atoms with Gasteiger partial charge < -0.3 is 20.1 Å². The minimum absolute atomic E-state index is 0.304. The normalized spacial score (nSPS) is 21.5. The zero-order valence-electron chi connectivity index (χ0n) is 15.0. The number of carbonyl (C=O) groups is 3. The van der Waals surface area contributed by atoms with Crippen LogP contribution in [0.15, 0.2) is 18.2 Å². The number of urea groups is 1. The average molecular weight is 361 g/mol. The van der Waals surface area contributed by atoms with Crippen molar-refractivity contribution in [3.63, 3.8) is 0 Å². The number of aryl methyl sites for hydroxylation is 1. The molecule has 1 fully saturated rings. The Kier molecular flexibility index (Phi) is 5.13. The van der Waals surface area contributed by atoms with Crippen LogP contribution in [-0.4, -0.2) is 56.7 Å². The van der Waals surface area contributed by atoms with Gasteiger partial charge in [-0.25, -0.2) is 4.79 Å². The van der Waals surface area contributed by atoms with Crippen molar-refractivity contribution in [2.24, 2.45) is 0 Å². The van der Waals surface area contributed by atoms with Gasteiger partial charge in [0.25, 0.3) is 5.91 Å². The zero-order valence-corrected chi connectivity index (χ0v) is 15.0. The molecule has 1 spiro atoms. The van der Waals surface area contributed by atoms with E-state index in [0.717, 1.165) is 28.9 Å². The monoisotopic (exact) mass is 361 g/mol. The first-order valence-electron chi connectivity index (χ1n) is 8.59. The lowest BCUT2D eigenvalue weighted by atomic mass is 9.76. The van der Waals surface area contributed by atoms with Crippen LogP contribution < -0.4 is 15.4 Å². The standard InChI is InChI=1S/C18H23N3O5/c1-25-9-8-19-15(22)11-21-16(23)18(20-17(21)24)7-3-4-12-10-13(26-2)5-6-14(12)18/h5-6,10H,3-4,7-9,11H2,1-2H3,(H,19,22)(H,20,24)/t18-/m0/s1. The molecule has 1 heterocycles. The highest BCUT2D eigenvalue weighted by atomic mass is 16.5. The van der Waals surface area contributed by atoms with Gasteiger partial charge in [-0.3, -0.25) is 14.5 Å². The Balaban J connectivity index is 1.82. The van der Waals surface area contributed by atoms with Crippen LogP contribution in [0.2, 0.25) is 0 Å². The van der Waals surface area contributed by atoms with Gasteiger partial charge in [-0.2, -0.15) is 0 Å². The summed E-state index contributed by atoms with van der Waals surface area (Å²) in [4.78, 5) is 38.5. The fourth-order valence-corrected chi connectivity index (χ4v) is 3.61. The van der Waals surface area contributed by atoms with E-state index < -0.39 is 17.5 Å². The maximum absolute atomic E-state index is 13.1. The molecular formula is C18H23N3O5. The molecule has 3 rings (SSSR count). The molecule has 8 heteroatoms. The Morgan fingerprint density at radius 1 is 1.35 bits per heavy atom. The van der Waals surface area contributed by atoms with Crippen molar-refractivity contribution in [1.82, 2.24) is 15.5 Å². The minimum Gasteiger partial charge on any atom is -0.497 e. The van der Waals surface area contributed by atoms with Crippen molar-refractivity contribution in [2.75, 3.05) is 33.9 Å². The largest absolute Gasteiger partial charge is 0.497 e. The van der Waals surface area contributed by atoms with E-state index in [0.29, 0.717) is 25.3 Å². The third-order valence-corrected chi connectivity index (χ3v) is 4.88. The van der Waals surface area contributed by atoms with Crippen molar-refractivity contribution < 1.29 is 23.9 Å². The number of fused-ring (bicyclic) bond motifs is 2. The van der Waals surface area contributed by atoms with E-state index in [1.165, 1.54) is 7.11 Å². The number of hydrogen-bond donors (Lipinski definition) is 2. The first kappa shape index (κ1) is 18.2. The van der Waals surface area contributed by atoms with E-state index in [9.17, 15) is 14.4 Å². The Hall–Kier alpha value is -2.61. The van der Waals surface area contributed by atoms with Crippen LogP contribution in [0.5, 0.6) is 5.75 Å². The quantitative estimate of drug-likeness (QED) is 0.569. The number of nitrogens with zero attached hydrogens (tertiary/aromatic N) is 1. The van der Waals surface area contributed by atoms with Crippen LogP contribution in [0.4, 0.5) is 4.79 Å². The number of amides is 4. The second-order valence-electron chi connectivity index (χ2n) is 6.45. The summed E-state index contributed by atoms with van der Waals surface area (Å²) >= 11 is 0. The van der Waals surface area contributed by atoms with E-state index in [4.69, 9.17) is 9.47 Å². The molecule has 2 N–H and O–H groups in total. The van der Waals surface area contributed by atoms with Gasteiger partial charge in [-0.15, -0.1) is 0 Å². The maximum Gasteiger partial charge on any atom is 0.325 e. The van der Waals surface area contributed by atoms with Gasteiger partial charge in [0, 0.05) is 13.7 Å². The molecule has 4 amide bonds. The molecule has 0 unspecified atom stereocenters. The number of hydrogen-bond acceptors (Lipinski definition) is 5. The summed E-state index contributed by atoms with van der Waals surface area (Å²) in [6.07, 6.45) is 2.09. The molecular weight excluding hydrogens is 338 g/mol. The topological polar surface area (TPSA) is 97.0 Å². The van der Waals surface area contributed by atoms with Crippen molar-refractivity contribution in [1.29, 1.82) is 0 Å². The lowest BCUT2D eigenvalue weighted by molar-refractivity contribution is -0.135. The highest BCUT2D eigenvalue weighted by molar-refractivity contribution is 6.09. The molecule has 0 radical (unpaired) electrons. The third kappa shape index (κ3) is 3.12. The van der Waals surface area contributed by atoms with Crippen LogP contribution in [0, 0.1) is 0 Å². The summed E-state index contributed by atoms with van der Waals surface area (Å²) in [5.41, 5.74) is 0.671.